The van der Waals surface area contributed by atoms with Crippen LogP contribution in [0.2, 0.25) is 0 Å². The van der Waals surface area contributed by atoms with E-state index in [4.69, 9.17) is 0 Å². The van der Waals surface area contributed by atoms with Crippen molar-refractivity contribution in [2.24, 2.45) is 0 Å². The number of hydrogen-bond donors (Lipinski definition) is 1. The van der Waals surface area contributed by atoms with Crippen LogP contribution in [0.1, 0.15) is 21.0 Å². The van der Waals surface area contributed by atoms with E-state index in [2.05, 4.69) is 10.2 Å². The van der Waals surface area contributed by atoms with Crippen molar-refractivity contribution in [1.82, 2.24) is 10.2 Å². The molecule has 0 bridgehead atoms. The molecular weight excluding hydrogens is 132 g/mol. The van der Waals surface area contributed by atoms with E-state index in [1.54, 1.807) is 6.20 Å². The first kappa shape index (κ1) is 11.4. The van der Waals surface area contributed by atoms with Gasteiger partial charge in [0.2, 0.25) is 0 Å². The first-order valence-corrected chi connectivity index (χ1v) is 2.85. The van der Waals surface area contributed by atoms with E-state index in [0.717, 1.165) is 5.69 Å². The maximum atomic E-state index is 3.70. The van der Waals surface area contributed by atoms with Crippen molar-refractivity contribution in [2.45, 2.75) is 20.8 Å². The van der Waals surface area contributed by atoms with E-state index in [9.17, 15) is 0 Å². The number of aromatic nitrogens is 2. The fourth-order valence-electron chi connectivity index (χ4n) is 0.325. The zero-order valence-electron chi connectivity index (χ0n) is 6.10. The second-order valence-corrected chi connectivity index (χ2v) is 1.24. The third kappa shape index (κ3) is 5.43. The third-order valence-electron chi connectivity index (χ3n) is 0.640. The maximum absolute atomic E-state index is 3.70. The molecule has 1 aromatic rings. The van der Waals surface area contributed by atoms with E-state index < -0.39 is 0 Å². The molecule has 1 rings (SSSR count). The molecule has 0 aliphatic rings. The second-order valence-electron chi connectivity index (χ2n) is 1.24. The summed E-state index contributed by atoms with van der Waals surface area (Å²) in [5.74, 6) is 0. The van der Waals surface area contributed by atoms with Crippen LogP contribution in [-0.2, 0) is 0 Å². The summed E-state index contributed by atoms with van der Waals surface area (Å²) in [6, 6.07) is 1.92. The van der Waals surface area contributed by atoms with Gasteiger partial charge in [-0.15, -0.1) is 0 Å². The Hall–Kier alpha value is -0.440. The van der Waals surface area contributed by atoms with Crippen molar-refractivity contribution in [2.75, 3.05) is 0 Å². The predicted octanol–water partition coefficient (Wildman–Crippen LogP) is 2.10. The minimum absolute atomic E-state index is 0. The van der Waals surface area contributed by atoms with Gasteiger partial charge < -0.3 is 0 Å². The number of aromatic amines is 1. The summed E-state index contributed by atoms with van der Waals surface area (Å²) in [6.07, 6.45) is 1.73. The summed E-state index contributed by atoms with van der Waals surface area (Å²) < 4.78 is 0. The summed E-state index contributed by atoms with van der Waals surface area (Å²) in [5, 5.41) is 6.45. The molecule has 0 fully saturated rings. The van der Waals surface area contributed by atoms with Gasteiger partial charge >= 0.3 is 0 Å². The average molecular weight is 148 g/mol. The minimum atomic E-state index is 0. The molecule has 0 aliphatic heterocycles. The SMILES string of the molecule is CC.Cc1ccn[nH]1.S.[HH]. The molecule has 2 nitrogen and oxygen atoms in total. The Morgan fingerprint density at radius 2 is 2.11 bits per heavy atom. The lowest BCUT2D eigenvalue weighted by molar-refractivity contribution is 1.05. The van der Waals surface area contributed by atoms with Crippen molar-refractivity contribution in [3.05, 3.63) is 18.0 Å². The molecule has 0 atom stereocenters. The molecule has 56 valence electrons. The van der Waals surface area contributed by atoms with Gasteiger partial charge in [0.1, 0.15) is 0 Å². The Morgan fingerprint density at radius 3 is 2.22 bits per heavy atom. The van der Waals surface area contributed by atoms with E-state index in [0.29, 0.717) is 0 Å². The van der Waals surface area contributed by atoms with E-state index in [-0.39, 0.29) is 14.9 Å². The van der Waals surface area contributed by atoms with Crippen molar-refractivity contribution in [3.8, 4) is 0 Å². The molecule has 1 heterocycles. The van der Waals surface area contributed by atoms with Crippen molar-refractivity contribution >= 4 is 13.5 Å². The number of nitrogens with one attached hydrogen (secondary N) is 1. The first-order chi connectivity index (χ1) is 3.89. The fourth-order valence-corrected chi connectivity index (χ4v) is 0.325. The Morgan fingerprint density at radius 1 is 1.56 bits per heavy atom. The highest BCUT2D eigenvalue weighted by Crippen LogP contribution is 1.82. The molecule has 0 aliphatic carbocycles. The third-order valence-corrected chi connectivity index (χ3v) is 0.640. The molecule has 0 saturated heterocycles. The molecule has 0 saturated carbocycles. The van der Waals surface area contributed by atoms with Crippen molar-refractivity contribution in [1.29, 1.82) is 0 Å². The predicted molar refractivity (Wildman–Crippen MR) is 47.2 cm³/mol. The van der Waals surface area contributed by atoms with Gasteiger partial charge in [0, 0.05) is 13.3 Å². The average Bonchev–Trinajstić information content (AvgIpc) is 2.24. The molecule has 0 amide bonds. The van der Waals surface area contributed by atoms with Crippen LogP contribution >= 0.6 is 13.5 Å². The van der Waals surface area contributed by atoms with Gasteiger partial charge in [-0.25, -0.2) is 0 Å². The molecule has 0 unspecified atom stereocenters. The highest BCUT2D eigenvalue weighted by Gasteiger charge is 1.73. The van der Waals surface area contributed by atoms with Crippen LogP contribution in [0.15, 0.2) is 12.3 Å². The molecule has 9 heavy (non-hydrogen) atoms. The minimum Gasteiger partial charge on any atom is -0.283 e. The number of hydrogen-bond acceptors (Lipinski definition) is 1. The van der Waals surface area contributed by atoms with Gasteiger partial charge in [-0.2, -0.15) is 18.6 Å². The smallest absolute Gasteiger partial charge is 0.0489 e. The quantitative estimate of drug-likeness (QED) is 0.599. The highest BCUT2D eigenvalue weighted by molar-refractivity contribution is 7.59. The first-order valence-electron chi connectivity index (χ1n) is 2.85. The van der Waals surface area contributed by atoms with E-state index >= 15 is 0 Å². The Labute approximate surface area is 64.6 Å². The van der Waals surface area contributed by atoms with Crippen LogP contribution in [-0.4, -0.2) is 10.2 Å². The van der Waals surface area contributed by atoms with Gasteiger partial charge in [-0.05, 0) is 13.0 Å². The van der Waals surface area contributed by atoms with Crippen LogP contribution in [0.25, 0.3) is 0 Å². The molecular formula is C6H16N2S. The van der Waals surface area contributed by atoms with Crippen LogP contribution in [0.5, 0.6) is 0 Å². The number of aryl methyl sites for hydroxylation is 1. The Balaban J connectivity index is -0.000000114. The van der Waals surface area contributed by atoms with Gasteiger partial charge in [-0.3, -0.25) is 5.10 Å². The normalized spacial score (nSPS) is 6.56. The van der Waals surface area contributed by atoms with E-state index in [1.807, 2.05) is 26.8 Å². The van der Waals surface area contributed by atoms with Gasteiger partial charge in [0.15, 0.2) is 0 Å². The maximum Gasteiger partial charge on any atom is 0.0489 e. The summed E-state index contributed by atoms with van der Waals surface area (Å²) in [7, 11) is 0. The fraction of sp³-hybridized carbons (Fsp3) is 0.500. The van der Waals surface area contributed by atoms with Gasteiger partial charge in [0.25, 0.3) is 0 Å². The summed E-state index contributed by atoms with van der Waals surface area (Å²) in [4.78, 5) is 0. The van der Waals surface area contributed by atoms with Crippen LogP contribution < -0.4 is 0 Å². The topological polar surface area (TPSA) is 28.7 Å². The number of rotatable bonds is 0. The molecule has 0 radical (unpaired) electrons. The lowest BCUT2D eigenvalue weighted by Crippen LogP contribution is -1.65. The number of H-pyrrole nitrogens is 1. The van der Waals surface area contributed by atoms with Gasteiger partial charge in [-0.1, -0.05) is 13.8 Å². The second kappa shape index (κ2) is 7.56. The monoisotopic (exact) mass is 148 g/mol. The lowest BCUT2D eigenvalue weighted by Gasteiger charge is -1.68. The van der Waals surface area contributed by atoms with Gasteiger partial charge in [0.05, 0.1) is 0 Å². The Kier molecular flexibility index (Phi) is 9.55. The zero-order chi connectivity index (χ0) is 6.41. The van der Waals surface area contributed by atoms with Crippen LogP contribution in [0, 0.1) is 6.92 Å². The van der Waals surface area contributed by atoms with Crippen molar-refractivity contribution in [3.63, 3.8) is 0 Å². The summed E-state index contributed by atoms with van der Waals surface area (Å²) in [6.45, 7) is 5.97. The van der Waals surface area contributed by atoms with Crippen molar-refractivity contribution < 1.29 is 1.43 Å². The Bertz CT molecular complexity index is 119. The zero-order valence-corrected chi connectivity index (χ0v) is 7.10. The van der Waals surface area contributed by atoms with E-state index in [1.165, 1.54) is 0 Å². The largest absolute Gasteiger partial charge is 0.283 e. The highest BCUT2D eigenvalue weighted by atomic mass is 32.1. The lowest BCUT2D eigenvalue weighted by atomic mass is 10.5. The standard InChI is InChI=1S/C4H6N2.C2H6.H2S.H2/c1-4-2-3-5-6-4;1-2;;/h2-3H,1H3,(H,5,6);1-2H3;1H2;1H. The molecule has 0 aromatic carbocycles. The summed E-state index contributed by atoms with van der Waals surface area (Å²) in [5.41, 5.74) is 1.11. The summed E-state index contributed by atoms with van der Waals surface area (Å²) >= 11 is 0. The number of nitrogens with zero attached hydrogens (tertiary/aromatic N) is 1. The van der Waals surface area contributed by atoms with Crippen LogP contribution in [0.3, 0.4) is 0 Å². The molecule has 3 heteroatoms. The molecule has 1 N–H and O–H groups in total. The molecule has 0 spiro atoms. The van der Waals surface area contributed by atoms with Crippen LogP contribution in [0.4, 0.5) is 0 Å². The molecule has 1 aromatic heterocycles.